The summed E-state index contributed by atoms with van der Waals surface area (Å²) in [5.41, 5.74) is 1.09. The average molecular weight is 257 g/mol. The van der Waals surface area contributed by atoms with Gasteiger partial charge in [-0.1, -0.05) is 18.2 Å². The second-order valence-corrected chi connectivity index (χ2v) is 3.85. The van der Waals surface area contributed by atoms with E-state index in [1.54, 1.807) is 36.5 Å². The number of aromatic nitrogens is 1. The van der Waals surface area contributed by atoms with E-state index in [0.29, 0.717) is 11.3 Å². The first kappa shape index (κ1) is 12.7. The van der Waals surface area contributed by atoms with Gasteiger partial charge in [-0.3, -0.25) is 19.9 Å². The van der Waals surface area contributed by atoms with Crippen LogP contribution in [-0.4, -0.2) is 15.8 Å². The zero-order valence-corrected chi connectivity index (χ0v) is 10.2. The summed E-state index contributed by atoms with van der Waals surface area (Å²) < 4.78 is 0. The molecule has 19 heavy (non-hydrogen) atoms. The largest absolute Gasteiger partial charge is 0.320 e. The molecule has 0 aliphatic rings. The number of anilines is 1. The minimum Gasteiger partial charge on any atom is -0.320 e. The van der Waals surface area contributed by atoms with Gasteiger partial charge in [0.15, 0.2) is 0 Å². The molecule has 0 fully saturated rings. The molecule has 6 nitrogen and oxygen atoms in total. The highest BCUT2D eigenvalue weighted by molar-refractivity contribution is 5.97. The van der Waals surface area contributed by atoms with Crippen LogP contribution in [0.2, 0.25) is 0 Å². The predicted octanol–water partition coefficient (Wildman–Crippen LogP) is 2.62. The fraction of sp³-hybridized carbons (Fsp3) is 0.0769. The lowest BCUT2D eigenvalue weighted by atomic mass is 10.1. The number of rotatable bonds is 3. The number of hydrogen-bond donors (Lipinski definition) is 1. The van der Waals surface area contributed by atoms with Crippen LogP contribution in [-0.2, 0) is 4.79 Å². The standard InChI is InChI=1S/C13H11N3O3/c1-9(17)15-13-10(11-6-2-3-8-14-11)5-4-7-12(13)16(18)19/h2-8H,1H3,(H,15,17). The molecule has 0 radical (unpaired) electrons. The van der Waals surface area contributed by atoms with Crippen LogP contribution in [0.15, 0.2) is 42.6 Å². The molecule has 0 saturated carbocycles. The molecular formula is C13H11N3O3. The third-order valence-corrected chi connectivity index (χ3v) is 2.48. The topological polar surface area (TPSA) is 85.1 Å². The SMILES string of the molecule is CC(=O)Nc1c(-c2ccccn2)cccc1[N+](=O)[O-]. The Labute approximate surface area is 109 Å². The molecule has 0 aliphatic heterocycles. The first-order chi connectivity index (χ1) is 9.09. The van der Waals surface area contributed by atoms with Gasteiger partial charge < -0.3 is 5.32 Å². The van der Waals surface area contributed by atoms with Crippen LogP contribution in [0.4, 0.5) is 11.4 Å². The van der Waals surface area contributed by atoms with Crippen LogP contribution < -0.4 is 5.32 Å². The molecular weight excluding hydrogens is 246 g/mol. The van der Waals surface area contributed by atoms with Gasteiger partial charge in [-0.2, -0.15) is 0 Å². The number of carbonyl (C=O) groups excluding carboxylic acids is 1. The van der Waals surface area contributed by atoms with E-state index in [9.17, 15) is 14.9 Å². The van der Waals surface area contributed by atoms with Crippen molar-refractivity contribution in [2.24, 2.45) is 0 Å². The summed E-state index contributed by atoms with van der Waals surface area (Å²) in [6.45, 7) is 1.30. The number of nitro groups is 1. The minimum atomic E-state index is -0.530. The third-order valence-electron chi connectivity index (χ3n) is 2.48. The Hall–Kier alpha value is -2.76. The van der Waals surface area contributed by atoms with E-state index in [2.05, 4.69) is 10.3 Å². The Balaban J connectivity index is 2.63. The smallest absolute Gasteiger partial charge is 0.293 e. The van der Waals surface area contributed by atoms with Crippen LogP contribution in [0.25, 0.3) is 11.3 Å². The summed E-state index contributed by atoms with van der Waals surface area (Å²) in [6, 6.07) is 9.84. The highest BCUT2D eigenvalue weighted by Crippen LogP contribution is 2.34. The zero-order chi connectivity index (χ0) is 13.8. The maximum absolute atomic E-state index is 11.2. The summed E-state index contributed by atoms with van der Waals surface area (Å²) in [5, 5.41) is 13.5. The lowest BCUT2D eigenvalue weighted by Gasteiger charge is -2.09. The fourth-order valence-corrected chi connectivity index (χ4v) is 1.74. The van der Waals surface area contributed by atoms with Crippen molar-refractivity contribution in [3.8, 4) is 11.3 Å². The highest BCUT2D eigenvalue weighted by Gasteiger charge is 2.19. The van der Waals surface area contributed by atoms with Crippen LogP contribution in [0, 0.1) is 10.1 Å². The quantitative estimate of drug-likeness (QED) is 0.676. The van der Waals surface area contributed by atoms with Crippen LogP contribution in [0.5, 0.6) is 0 Å². The monoisotopic (exact) mass is 257 g/mol. The first-order valence-corrected chi connectivity index (χ1v) is 5.56. The highest BCUT2D eigenvalue weighted by atomic mass is 16.6. The van der Waals surface area contributed by atoms with Crippen molar-refractivity contribution in [2.75, 3.05) is 5.32 Å². The van der Waals surface area contributed by atoms with Gasteiger partial charge in [-0.05, 0) is 12.1 Å². The zero-order valence-electron chi connectivity index (χ0n) is 10.2. The molecule has 0 aliphatic carbocycles. The van der Waals surface area contributed by atoms with Gasteiger partial charge in [-0.25, -0.2) is 0 Å². The lowest BCUT2D eigenvalue weighted by molar-refractivity contribution is -0.383. The number of benzene rings is 1. The fourth-order valence-electron chi connectivity index (χ4n) is 1.74. The molecule has 1 amide bonds. The molecule has 2 rings (SSSR count). The Morgan fingerprint density at radius 1 is 1.26 bits per heavy atom. The second kappa shape index (κ2) is 5.26. The van der Waals surface area contributed by atoms with Gasteiger partial charge in [0, 0.05) is 24.8 Å². The molecule has 1 N–H and O–H groups in total. The summed E-state index contributed by atoms with van der Waals surface area (Å²) in [7, 11) is 0. The van der Waals surface area contributed by atoms with E-state index in [1.165, 1.54) is 13.0 Å². The lowest BCUT2D eigenvalue weighted by Crippen LogP contribution is -2.09. The predicted molar refractivity (Wildman–Crippen MR) is 70.6 cm³/mol. The number of para-hydroxylation sites is 1. The minimum absolute atomic E-state index is 0.154. The van der Waals surface area contributed by atoms with E-state index in [4.69, 9.17) is 0 Å². The van der Waals surface area contributed by atoms with E-state index >= 15 is 0 Å². The summed E-state index contributed by atoms with van der Waals surface area (Å²) >= 11 is 0. The van der Waals surface area contributed by atoms with Crippen LogP contribution in [0.1, 0.15) is 6.92 Å². The molecule has 96 valence electrons. The van der Waals surface area contributed by atoms with Crippen molar-refractivity contribution in [3.63, 3.8) is 0 Å². The molecule has 1 aromatic carbocycles. The normalized spacial score (nSPS) is 9.95. The molecule has 0 unspecified atom stereocenters. The van der Waals surface area contributed by atoms with Crippen LogP contribution in [0.3, 0.4) is 0 Å². The van der Waals surface area contributed by atoms with Gasteiger partial charge >= 0.3 is 0 Å². The number of pyridine rings is 1. The summed E-state index contributed by atoms with van der Waals surface area (Å²) in [4.78, 5) is 25.9. The maximum Gasteiger partial charge on any atom is 0.293 e. The van der Waals surface area contributed by atoms with E-state index < -0.39 is 4.92 Å². The number of nitrogens with zero attached hydrogens (tertiary/aromatic N) is 2. The van der Waals surface area contributed by atoms with E-state index in [1.807, 2.05) is 0 Å². The van der Waals surface area contributed by atoms with Crippen molar-refractivity contribution in [1.29, 1.82) is 0 Å². The average Bonchev–Trinajstić information content (AvgIpc) is 2.39. The molecule has 1 aromatic heterocycles. The molecule has 6 heteroatoms. The number of amides is 1. The van der Waals surface area contributed by atoms with Gasteiger partial charge in [0.2, 0.25) is 5.91 Å². The molecule has 2 aromatic rings. The Morgan fingerprint density at radius 2 is 2.05 bits per heavy atom. The number of nitrogens with one attached hydrogen (secondary N) is 1. The molecule has 0 spiro atoms. The third kappa shape index (κ3) is 2.74. The molecule has 0 bridgehead atoms. The summed E-state index contributed by atoms with van der Waals surface area (Å²) in [6.07, 6.45) is 1.59. The molecule has 0 saturated heterocycles. The van der Waals surface area contributed by atoms with Gasteiger partial charge in [0.1, 0.15) is 5.69 Å². The summed E-state index contributed by atoms with van der Waals surface area (Å²) in [5.74, 6) is -0.369. The van der Waals surface area contributed by atoms with Crippen LogP contribution >= 0.6 is 0 Å². The van der Waals surface area contributed by atoms with Crippen molar-refractivity contribution >= 4 is 17.3 Å². The van der Waals surface area contributed by atoms with Crippen molar-refractivity contribution in [2.45, 2.75) is 6.92 Å². The Morgan fingerprint density at radius 3 is 2.63 bits per heavy atom. The number of nitro benzene ring substituents is 1. The van der Waals surface area contributed by atoms with Crippen molar-refractivity contribution in [1.82, 2.24) is 4.98 Å². The molecule has 1 heterocycles. The van der Waals surface area contributed by atoms with Crippen molar-refractivity contribution < 1.29 is 9.72 Å². The first-order valence-electron chi connectivity index (χ1n) is 5.56. The Kier molecular flexibility index (Phi) is 3.51. The Bertz CT molecular complexity index is 626. The van der Waals surface area contributed by atoms with E-state index in [0.717, 1.165) is 0 Å². The van der Waals surface area contributed by atoms with Gasteiger partial charge in [0.05, 0.1) is 10.6 Å². The maximum atomic E-state index is 11.2. The van der Waals surface area contributed by atoms with E-state index in [-0.39, 0.29) is 17.3 Å². The number of hydrogen-bond acceptors (Lipinski definition) is 4. The molecule has 0 atom stereocenters. The van der Waals surface area contributed by atoms with Gasteiger partial charge in [0.25, 0.3) is 5.69 Å². The van der Waals surface area contributed by atoms with Crippen molar-refractivity contribution in [3.05, 3.63) is 52.7 Å². The van der Waals surface area contributed by atoms with Gasteiger partial charge in [-0.15, -0.1) is 0 Å². The second-order valence-electron chi connectivity index (χ2n) is 3.85. The number of carbonyl (C=O) groups is 1.